The van der Waals surface area contributed by atoms with Gasteiger partial charge in [0.15, 0.2) is 0 Å². The van der Waals surface area contributed by atoms with E-state index in [4.69, 9.17) is 0 Å². The van der Waals surface area contributed by atoms with Gasteiger partial charge in [0, 0.05) is 13.2 Å². The molecule has 0 saturated heterocycles. The Kier molecular flexibility index (Phi) is 5.07. The van der Waals surface area contributed by atoms with E-state index in [1.807, 2.05) is 6.92 Å². The maximum absolute atomic E-state index is 13.7. The zero-order valence-corrected chi connectivity index (χ0v) is 13.5. The van der Waals surface area contributed by atoms with Crippen molar-refractivity contribution in [2.45, 2.75) is 11.8 Å². The summed E-state index contributed by atoms with van der Waals surface area (Å²) in [7, 11) is -2.87. The zero-order valence-electron chi connectivity index (χ0n) is 12.7. The van der Waals surface area contributed by atoms with Crippen molar-refractivity contribution in [3.05, 3.63) is 54.0 Å². The normalized spacial score (nSPS) is 11.5. The second-order valence-corrected chi connectivity index (χ2v) is 6.97. The van der Waals surface area contributed by atoms with Gasteiger partial charge in [0.25, 0.3) is 0 Å². The van der Waals surface area contributed by atoms with Crippen LogP contribution in [0.4, 0.5) is 10.2 Å². The van der Waals surface area contributed by atoms with Crippen molar-refractivity contribution in [1.29, 1.82) is 0 Å². The number of nitrogens with one attached hydrogen (secondary N) is 1. The number of aryl methyl sites for hydroxylation is 1. The SMILES string of the molecule is Cc1ccc(NC(=O)CN(C)S(=O)(=O)c2ccccc2F)nc1. The molecule has 0 aliphatic rings. The molecule has 1 amide bonds. The number of halogens is 1. The second-order valence-electron chi connectivity index (χ2n) is 4.96. The molecule has 1 aromatic heterocycles. The number of benzene rings is 1. The fourth-order valence-corrected chi connectivity index (χ4v) is 3.02. The Morgan fingerprint density at radius 3 is 2.57 bits per heavy atom. The van der Waals surface area contributed by atoms with Crippen LogP contribution in [0.25, 0.3) is 0 Å². The number of carbonyl (C=O) groups is 1. The van der Waals surface area contributed by atoms with Crippen LogP contribution in [-0.2, 0) is 14.8 Å². The molecule has 0 radical (unpaired) electrons. The Hall–Kier alpha value is -2.32. The molecule has 1 N–H and O–H groups in total. The third kappa shape index (κ3) is 4.11. The average Bonchev–Trinajstić information content (AvgIpc) is 2.49. The van der Waals surface area contributed by atoms with Gasteiger partial charge in [-0.2, -0.15) is 4.31 Å². The molecule has 0 unspecified atom stereocenters. The Bertz CT molecular complexity index is 807. The van der Waals surface area contributed by atoms with Gasteiger partial charge in [0.05, 0.1) is 6.54 Å². The van der Waals surface area contributed by atoms with Gasteiger partial charge < -0.3 is 5.32 Å². The van der Waals surface area contributed by atoms with Crippen LogP contribution < -0.4 is 5.32 Å². The predicted molar refractivity (Wildman–Crippen MR) is 83.8 cm³/mol. The number of hydrogen-bond donors (Lipinski definition) is 1. The first-order valence-electron chi connectivity index (χ1n) is 6.74. The first-order chi connectivity index (χ1) is 10.8. The number of anilines is 1. The van der Waals surface area contributed by atoms with Crippen LogP contribution >= 0.6 is 0 Å². The number of likely N-dealkylation sites (N-methyl/N-ethyl adjacent to an activating group) is 1. The van der Waals surface area contributed by atoms with Crippen molar-refractivity contribution < 1.29 is 17.6 Å². The first kappa shape index (κ1) is 17.0. The summed E-state index contributed by atoms with van der Waals surface area (Å²) in [5.41, 5.74) is 0.933. The van der Waals surface area contributed by atoms with Gasteiger partial charge in [-0.15, -0.1) is 0 Å². The Morgan fingerprint density at radius 2 is 1.96 bits per heavy atom. The summed E-state index contributed by atoms with van der Waals surface area (Å²) in [6.07, 6.45) is 1.58. The molecule has 6 nitrogen and oxygen atoms in total. The van der Waals surface area contributed by atoms with E-state index in [2.05, 4.69) is 10.3 Å². The van der Waals surface area contributed by atoms with E-state index in [0.717, 1.165) is 22.0 Å². The summed E-state index contributed by atoms with van der Waals surface area (Å²) in [4.78, 5) is 15.5. The molecule has 0 fully saturated rings. The molecule has 8 heteroatoms. The summed E-state index contributed by atoms with van der Waals surface area (Å²) in [5.74, 6) is -1.11. The second kappa shape index (κ2) is 6.84. The molecule has 2 rings (SSSR count). The van der Waals surface area contributed by atoms with Crippen LogP contribution in [0.5, 0.6) is 0 Å². The van der Waals surface area contributed by atoms with Crippen molar-refractivity contribution in [1.82, 2.24) is 9.29 Å². The number of aromatic nitrogens is 1. The maximum Gasteiger partial charge on any atom is 0.246 e. The molecule has 0 atom stereocenters. The molecule has 1 heterocycles. The predicted octanol–water partition coefficient (Wildman–Crippen LogP) is 1.79. The molecule has 1 aromatic carbocycles. The fraction of sp³-hybridized carbons (Fsp3) is 0.200. The largest absolute Gasteiger partial charge is 0.310 e. The minimum absolute atomic E-state index is 0.317. The van der Waals surface area contributed by atoms with E-state index in [9.17, 15) is 17.6 Å². The van der Waals surface area contributed by atoms with Gasteiger partial charge in [-0.1, -0.05) is 18.2 Å². The maximum atomic E-state index is 13.7. The standard InChI is InChI=1S/C15H16FN3O3S/c1-11-7-8-14(17-9-11)18-15(20)10-19(2)23(21,22)13-6-4-3-5-12(13)16/h3-9H,10H2,1-2H3,(H,17,18,20). The molecule has 0 spiro atoms. The summed E-state index contributed by atoms with van der Waals surface area (Å²) >= 11 is 0. The molecular weight excluding hydrogens is 321 g/mol. The molecule has 0 saturated carbocycles. The zero-order chi connectivity index (χ0) is 17.0. The lowest BCUT2D eigenvalue weighted by Gasteiger charge is -2.17. The summed E-state index contributed by atoms with van der Waals surface area (Å²) in [5, 5.41) is 2.49. The highest BCUT2D eigenvalue weighted by molar-refractivity contribution is 7.89. The van der Waals surface area contributed by atoms with Crippen molar-refractivity contribution in [3.8, 4) is 0 Å². The number of carbonyl (C=O) groups excluding carboxylic acids is 1. The van der Waals surface area contributed by atoms with Gasteiger partial charge in [0.2, 0.25) is 15.9 Å². The van der Waals surface area contributed by atoms with Gasteiger partial charge in [-0.25, -0.2) is 17.8 Å². The highest BCUT2D eigenvalue weighted by atomic mass is 32.2. The van der Waals surface area contributed by atoms with Gasteiger partial charge in [-0.05, 0) is 30.7 Å². The minimum atomic E-state index is -4.09. The van der Waals surface area contributed by atoms with E-state index in [1.165, 1.54) is 19.2 Å². The number of rotatable bonds is 5. The van der Waals surface area contributed by atoms with Crippen molar-refractivity contribution >= 4 is 21.7 Å². The van der Waals surface area contributed by atoms with Crippen molar-refractivity contribution in [2.75, 3.05) is 18.9 Å². The van der Waals surface area contributed by atoms with Crippen molar-refractivity contribution in [3.63, 3.8) is 0 Å². The van der Waals surface area contributed by atoms with E-state index >= 15 is 0 Å². The van der Waals surface area contributed by atoms with E-state index in [1.54, 1.807) is 18.3 Å². The molecule has 122 valence electrons. The van der Waals surface area contributed by atoms with Crippen LogP contribution in [0.1, 0.15) is 5.56 Å². The number of sulfonamides is 1. The monoisotopic (exact) mass is 337 g/mol. The van der Waals surface area contributed by atoms with E-state index < -0.39 is 33.2 Å². The number of hydrogen-bond acceptors (Lipinski definition) is 4. The lowest BCUT2D eigenvalue weighted by Crippen LogP contribution is -2.35. The molecule has 0 aliphatic carbocycles. The van der Waals surface area contributed by atoms with E-state index in [-0.39, 0.29) is 0 Å². The van der Waals surface area contributed by atoms with Crippen LogP contribution in [0.2, 0.25) is 0 Å². The van der Waals surface area contributed by atoms with Crippen LogP contribution in [0.3, 0.4) is 0 Å². The molecular formula is C15H16FN3O3S. The summed E-state index contributed by atoms with van der Waals surface area (Å²) < 4.78 is 39.0. The minimum Gasteiger partial charge on any atom is -0.310 e. The first-order valence-corrected chi connectivity index (χ1v) is 8.18. The molecule has 2 aromatic rings. The third-order valence-electron chi connectivity index (χ3n) is 3.07. The van der Waals surface area contributed by atoms with Gasteiger partial charge in [-0.3, -0.25) is 4.79 Å². The van der Waals surface area contributed by atoms with Gasteiger partial charge >= 0.3 is 0 Å². The molecule has 23 heavy (non-hydrogen) atoms. The molecule has 0 bridgehead atoms. The number of amides is 1. The number of nitrogens with zero attached hydrogens (tertiary/aromatic N) is 2. The fourth-order valence-electron chi connectivity index (χ4n) is 1.83. The van der Waals surface area contributed by atoms with Crippen molar-refractivity contribution in [2.24, 2.45) is 0 Å². The summed E-state index contributed by atoms with van der Waals surface area (Å²) in [6, 6.07) is 8.39. The Labute approximate surface area is 134 Å². The average molecular weight is 337 g/mol. The lowest BCUT2D eigenvalue weighted by atomic mass is 10.3. The van der Waals surface area contributed by atoms with Gasteiger partial charge in [0.1, 0.15) is 16.5 Å². The summed E-state index contributed by atoms with van der Waals surface area (Å²) in [6.45, 7) is 1.40. The molecule has 0 aliphatic heterocycles. The smallest absolute Gasteiger partial charge is 0.246 e. The lowest BCUT2D eigenvalue weighted by molar-refractivity contribution is -0.116. The van der Waals surface area contributed by atoms with E-state index in [0.29, 0.717) is 5.82 Å². The number of pyridine rings is 1. The van der Waals surface area contributed by atoms with Crippen LogP contribution in [0.15, 0.2) is 47.5 Å². The highest BCUT2D eigenvalue weighted by Crippen LogP contribution is 2.17. The third-order valence-corrected chi connectivity index (χ3v) is 4.91. The quantitative estimate of drug-likeness (QED) is 0.902. The van der Waals surface area contributed by atoms with Crippen LogP contribution in [0, 0.1) is 12.7 Å². The Balaban J connectivity index is 2.08. The topological polar surface area (TPSA) is 79.4 Å². The van der Waals surface area contributed by atoms with Crippen LogP contribution in [-0.4, -0.2) is 37.2 Å². The Morgan fingerprint density at radius 1 is 1.26 bits per heavy atom. The highest BCUT2D eigenvalue weighted by Gasteiger charge is 2.25.